The second-order valence-electron chi connectivity index (χ2n) is 7.60. The summed E-state index contributed by atoms with van der Waals surface area (Å²) in [6, 6.07) is 4.38. The average molecular weight is 341 g/mol. The molecule has 2 N–H and O–H groups in total. The molecule has 0 radical (unpaired) electrons. The number of hydrogen-bond donors (Lipinski definition) is 2. The number of carbonyl (C=O) groups excluding carboxylic acids is 1. The lowest BCUT2D eigenvalue weighted by molar-refractivity contribution is -0.125. The number of fused-ring (bicyclic) bond motifs is 1. The van der Waals surface area contributed by atoms with Gasteiger partial charge in [-0.1, -0.05) is 12.8 Å². The van der Waals surface area contributed by atoms with E-state index in [9.17, 15) is 4.79 Å². The summed E-state index contributed by atoms with van der Waals surface area (Å²) < 4.78 is 6.26. The third-order valence-electron chi connectivity index (χ3n) is 5.88. The molecule has 0 bridgehead atoms. The maximum atomic E-state index is 12.3. The van der Waals surface area contributed by atoms with Gasteiger partial charge < -0.3 is 10.1 Å². The first-order chi connectivity index (χ1) is 12.2. The summed E-state index contributed by atoms with van der Waals surface area (Å²) in [5.41, 5.74) is 2.19. The average Bonchev–Trinajstić information content (AvgIpc) is 3.30. The summed E-state index contributed by atoms with van der Waals surface area (Å²) in [6.45, 7) is 2.08. The normalized spacial score (nSPS) is 24.5. The highest BCUT2D eigenvalue weighted by Gasteiger charge is 2.28. The van der Waals surface area contributed by atoms with E-state index in [1.165, 1.54) is 12.8 Å². The van der Waals surface area contributed by atoms with Gasteiger partial charge in [-0.3, -0.25) is 9.89 Å². The Hall–Kier alpha value is -2.04. The topological polar surface area (TPSA) is 67.0 Å². The van der Waals surface area contributed by atoms with Gasteiger partial charge in [0.1, 0.15) is 5.75 Å². The Bertz CT molecular complexity index is 740. The minimum Gasteiger partial charge on any atom is -0.490 e. The Balaban J connectivity index is 1.31. The first-order valence-electron chi connectivity index (χ1n) is 9.60. The fraction of sp³-hybridized carbons (Fsp3) is 0.600. The molecule has 2 aromatic rings. The molecular weight excluding hydrogens is 314 g/mol. The van der Waals surface area contributed by atoms with Crippen LogP contribution in [0.4, 0.5) is 0 Å². The van der Waals surface area contributed by atoms with Gasteiger partial charge in [-0.05, 0) is 57.6 Å². The van der Waals surface area contributed by atoms with E-state index in [2.05, 4.69) is 22.4 Å². The van der Waals surface area contributed by atoms with E-state index < -0.39 is 0 Å². The Morgan fingerprint density at radius 1 is 1.16 bits per heavy atom. The van der Waals surface area contributed by atoms with Gasteiger partial charge in [-0.25, -0.2) is 0 Å². The second kappa shape index (κ2) is 7.06. The van der Waals surface area contributed by atoms with Gasteiger partial charge in [-0.15, -0.1) is 0 Å². The van der Waals surface area contributed by atoms with Crippen LogP contribution in [0.2, 0.25) is 0 Å². The molecule has 1 amide bonds. The Labute approximate surface area is 148 Å². The zero-order valence-corrected chi connectivity index (χ0v) is 14.9. The standard InChI is InChI=1S/C20H27N3O2/c1-13-17-12-21-23-18(17)10-11-19(13)25-16-8-6-15(7-9-16)22-20(24)14-4-2-3-5-14/h10-12,14-16H,2-9H2,1H3,(H,21,23)(H,22,24). The number of nitrogens with zero attached hydrogens (tertiary/aromatic N) is 1. The van der Waals surface area contributed by atoms with Crippen molar-refractivity contribution in [3.63, 3.8) is 0 Å². The lowest BCUT2D eigenvalue weighted by atomic mass is 9.92. The number of rotatable bonds is 4. The number of ether oxygens (including phenoxy) is 1. The smallest absolute Gasteiger partial charge is 0.223 e. The molecule has 2 aliphatic carbocycles. The highest BCUT2D eigenvalue weighted by Crippen LogP contribution is 2.30. The van der Waals surface area contributed by atoms with Crippen LogP contribution in [0, 0.1) is 12.8 Å². The summed E-state index contributed by atoms with van der Waals surface area (Å²) in [6.07, 6.45) is 10.7. The molecule has 0 unspecified atom stereocenters. The molecule has 0 atom stereocenters. The minimum absolute atomic E-state index is 0.239. The molecule has 1 aromatic carbocycles. The number of aryl methyl sites for hydroxylation is 1. The molecule has 2 fully saturated rings. The number of carbonyl (C=O) groups is 1. The van der Waals surface area contributed by atoms with Crippen molar-refractivity contribution < 1.29 is 9.53 Å². The molecule has 25 heavy (non-hydrogen) atoms. The summed E-state index contributed by atoms with van der Waals surface area (Å²) >= 11 is 0. The molecule has 5 nitrogen and oxygen atoms in total. The van der Waals surface area contributed by atoms with E-state index in [4.69, 9.17) is 4.74 Å². The monoisotopic (exact) mass is 341 g/mol. The fourth-order valence-electron chi connectivity index (χ4n) is 4.28. The number of hydrogen-bond acceptors (Lipinski definition) is 3. The summed E-state index contributed by atoms with van der Waals surface area (Å²) in [4.78, 5) is 12.3. The summed E-state index contributed by atoms with van der Waals surface area (Å²) in [5.74, 6) is 1.49. The van der Waals surface area contributed by atoms with Crippen LogP contribution >= 0.6 is 0 Å². The predicted molar refractivity (Wildman–Crippen MR) is 97.6 cm³/mol. The predicted octanol–water partition coefficient (Wildman–Crippen LogP) is 3.87. The quantitative estimate of drug-likeness (QED) is 0.887. The lowest BCUT2D eigenvalue weighted by Gasteiger charge is -2.30. The molecule has 0 saturated heterocycles. The van der Waals surface area contributed by atoms with Crippen LogP contribution in [0.15, 0.2) is 18.3 Å². The third kappa shape index (κ3) is 3.51. The third-order valence-corrected chi connectivity index (χ3v) is 5.88. The molecule has 1 aromatic heterocycles. The molecule has 4 rings (SSSR count). The van der Waals surface area contributed by atoms with Crippen LogP contribution in [0.1, 0.15) is 56.9 Å². The van der Waals surface area contributed by atoms with Crippen molar-refractivity contribution in [3.05, 3.63) is 23.9 Å². The molecular formula is C20H27N3O2. The van der Waals surface area contributed by atoms with Gasteiger partial charge in [0.05, 0.1) is 17.8 Å². The van der Waals surface area contributed by atoms with Gasteiger partial charge in [0, 0.05) is 22.9 Å². The van der Waals surface area contributed by atoms with Crippen LogP contribution in [0.3, 0.4) is 0 Å². The maximum Gasteiger partial charge on any atom is 0.223 e. The molecule has 2 saturated carbocycles. The number of benzene rings is 1. The van der Waals surface area contributed by atoms with Gasteiger partial charge >= 0.3 is 0 Å². The lowest BCUT2D eigenvalue weighted by Crippen LogP contribution is -2.42. The molecule has 5 heteroatoms. The Morgan fingerprint density at radius 2 is 1.92 bits per heavy atom. The molecule has 2 aliphatic rings. The summed E-state index contributed by atoms with van der Waals surface area (Å²) in [5, 5.41) is 11.5. The zero-order chi connectivity index (χ0) is 17.2. The minimum atomic E-state index is 0.239. The Morgan fingerprint density at radius 3 is 2.68 bits per heavy atom. The van der Waals surface area contributed by atoms with E-state index in [-0.39, 0.29) is 17.9 Å². The van der Waals surface area contributed by atoms with Crippen LogP contribution < -0.4 is 10.1 Å². The van der Waals surface area contributed by atoms with Crippen molar-refractivity contribution in [1.29, 1.82) is 0 Å². The van der Waals surface area contributed by atoms with Crippen molar-refractivity contribution in [2.24, 2.45) is 5.92 Å². The van der Waals surface area contributed by atoms with E-state index in [0.717, 1.165) is 60.7 Å². The highest BCUT2D eigenvalue weighted by atomic mass is 16.5. The maximum absolute atomic E-state index is 12.3. The second-order valence-corrected chi connectivity index (χ2v) is 7.60. The number of aromatic amines is 1. The van der Waals surface area contributed by atoms with Gasteiger partial charge in [0.15, 0.2) is 0 Å². The van der Waals surface area contributed by atoms with Gasteiger partial charge in [-0.2, -0.15) is 5.10 Å². The molecule has 1 heterocycles. The van der Waals surface area contributed by atoms with Crippen LogP contribution in [-0.2, 0) is 4.79 Å². The van der Waals surface area contributed by atoms with E-state index >= 15 is 0 Å². The highest BCUT2D eigenvalue weighted by molar-refractivity contribution is 5.83. The van der Waals surface area contributed by atoms with Crippen molar-refractivity contribution in [3.8, 4) is 5.75 Å². The summed E-state index contributed by atoms with van der Waals surface area (Å²) in [7, 11) is 0. The number of H-pyrrole nitrogens is 1. The van der Waals surface area contributed by atoms with Crippen LogP contribution in [0.25, 0.3) is 10.9 Å². The molecule has 0 aliphatic heterocycles. The van der Waals surface area contributed by atoms with Crippen molar-refractivity contribution in [1.82, 2.24) is 15.5 Å². The largest absolute Gasteiger partial charge is 0.490 e. The fourth-order valence-corrected chi connectivity index (χ4v) is 4.28. The Kier molecular flexibility index (Phi) is 4.64. The first kappa shape index (κ1) is 16.4. The zero-order valence-electron chi connectivity index (χ0n) is 14.9. The van der Waals surface area contributed by atoms with Crippen molar-refractivity contribution in [2.75, 3.05) is 0 Å². The van der Waals surface area contributed by atoms with E-state index in [1.54, 1.807) is 0 Å². The van der Waals surface area contributed by atoms with Crippen LogP contribution in [0.5, 0.6) is 5.75 Å². The van der Waals surface area contributed by atoms with Crippen molar-refractivity contribution >= 4 is 16.8 Å². The van der Waals surface area contributed by atoms with Gasteiger partial charge in [0.2, 0.25) is 5.91 Å². The number of amides is 1. The first-order valence-corrected chi connectivity index (χ1v) is 9.60. The SMILES string of the molecule is Cc1c(OC2CCC(NC(=O)C3CCCC3)CC2)ccc2[nH]ncc12. The van der Waals surface area contributed by atoms with Crippen molar-refractivity contribution in [2.45, 2.75) is 70.4 Å². The molecule has 0 spiro atoms. The van der Waals surface area contributed by atoms with Crippen LogP contribution in [-0.4, -0.2) is 28.3 Å². The van der Waals surface area contributed by atoms with E-state index in [0.29, 0.717) is 6.04 Å². The molecule has 134 valence electrons. The van der Waals surface area contributed by atoms with Gasteiger partial charge in [0.25, 0.3) is 0 Å². The number of aromatic nitrogens is 2. The number of nitrogens with one attached hydrogen (secondary N) is 2. The van der Waals surface area contributed by atoms with E-state index in [1.807, 2.05) is 18.3 Å².